The fourth-order valence-electron chi connectivity index (χ4n) is 1.74. The summed E-state index contributed by atoms with van der Waals surface area (Å²) in [5.41, 5.74) is 0.901. The maximum atomic E-state index is 5.73. The summed E-state index contributed by atoms with van der Waals surface area (Å²) in [6.07, 6.45) is 3.39. The molecule has 0 unspecified atom stereocenters. The lowest BCUT2D eigenvalue weighted by atomic mass is 10.3. The molecule has 0 amide bonds. The zero-order valence-corrected chi connectivity index (χ0v) is 12.6. The van der Waals surface area contributed by atoms with Crippen molar-refractivity contribution >= 4 is 27.6 Å². The lowest BCUT2D eigenvalue weighted by molar-refractivity contribution is 0.483. The van der Waals surface area contributed by atoms with Crippen LogP contribution in [0.3, 0.4) is 0 Å². The van der Waals surface area contributed by atoms with Gasteiger partial charge in [0.05, 0.1) is 4.47 Å². The summed E-state index contributed by atoms with van der Waals surface area (Å²) in [7, 11) is 0. The first-order chi connectivity index (χ1) is 10.3. The fraction of sp³-hybridized carbons (Fsp3) is 0. The van der Waals surface area contributed by atoms with Crippen molar-refractivity contribution < 1.29 is 4.74 Å². The zero-order valence-electron chi connectivity index (χ0n) is 11.0. The molecule has 2 aromatic carbocycles. The largest absolute Gasteiger partial charge is 0.457 e. The predicted molar refractivity (Wildman–Crippen MR) is 86.0 cm³/mol. The molecule has 0 spiro atoms. The van der Waals surface area contributed by atoms with Crippen molar-refractivity contribution in [3.63, 3.8) is 0 Å². The summed E-state index contributed by atoms with van der Waals surface area (Å²) in [5.74, 6) is 2.15. The van der Waals surface area contributed by atoms with Crippen LogP contribution in [-0.4, -0.2) is 9.97 Å². The van der Waals surface area contributed by atoms with Crippen LogP contribution in [0.15, 0.2) is 71.5 Å². The van der Waals surface area contributed by atoms with Gasteiger partial charge in [-0.1, -0.05) is 18.2 Å². The number of anilines is 2. The number of benzene rings is 2. The predicted octanol–water partition coefficient (Wildman–Crippen LogP) is 4.78. The Morgan fingerprint density at radius 2 is 1.43 bits per heavy atom. The van der Waals surface area contributed by atoms with Gasteiger partial charge in [0.15, 0.2) is 0 Å². The van der Waals surface area contributed by atoms with Crippen molar-refractivity contribution in [2.45, 2.75) is 0 Å². The molecule has 0 fully saturated rings. The molecule has 0 bridgehead atoms. The van der Waals surface area contributed by atoms with Crippen LogP contribution in [0, 0.1) is 0 Å². The van der Waals surface area contributed by atoms with Crippen LogP contribution in [0.25, 0.3) is 0 Å². The van der Waals surface area contributed by atoms with Gasteiger partial charge in [0, 0.05) is 18.1 Å². The van der Waals surface area contributed by atoms with Gasteiger partial charge in [-0.3, -0.25) is 0 Å². The van der Waals surface area contributed by atoms with Crippen molar-refractivity contribution in [3.05, 3.63) is 71.5 Å². The van der Waals surface area contributed by atoms with Gasteiger partial charge in [-0.2, -0.15) is 0 Å². The Morgan fingerprint density at radius 1 is 0.810 bits per heavy atom. The summed E-state index contributed by atoms with van der Waals surface area (Å²) in [5, 5.41) is 3.12. The van der Waals surface area contributed by atoms with Gasteiger partial charge >= 0.3 is 0 Å². The van der Waals surface area contributed by atoms with Gasteiger partial charge < -0.3 is 10.1 Å². The molecule has 104 valence electrons. The molecule has 5 heteroatoms. The van der Waals surface area contributed by atoms with E-state index in [0.29, 0.717) is 5.95 Å². The van der Waals surface area contributed by atoms with Crippen LogP contribution in [0.4, 0.5) is 11.6 Å². The molecule has 0 aliphatic heterocycles. The molecule has 1 heterocycles. The van der Waals surface area contributed by atoms with E-state index in [1.54, 1.807) is 12.4 Å². The third-order valence-electron chi connectivity index (χ3n) is 2.71. The van der Waals surface area contributed by atoms with Crippen LogP contribution in [0.5, 0.6) is 11.5 Å². The summed E-state index contributed by atoms with van der Waals surface area (Å²) in [6.45, 7) is 0. The van der Waals surface area contributed by atoms with E-state index in [9.17, 15) is 0 Å². The first kappa shape index (κ1) is 13.6. The Bertz CT molecular complexity index is 700. The molecule has 1 aromatic heterocycles. The van der Waals surface area contributed by atoms with Crippen molar-refractivity contribution in [3.8, 4) is 11.5 Å². The topological polar surface area (TPSA) is 47.0 Å². The van der Waals surface area contributed by atoms with Crippen molar-refractivity contribution in [1.29, 1.82) is 0 Å². The zero-order chi connectivity index (χ0) is 14.5. The van der Waals surface area contributed by atoms with Gasteiger partial charge in [0.25, 0.3) is 0 Å². The number of halogens is 1. The minimum atomic E-state index is 0.551. The molecule has 0 saturated carbocycles. The van der Waals surface area contributed by atoms with E-state index in [2.05, 4.69) is 31.2 Å². The van der Waals surface area contributed by atoms with E-state index in [-0.39, 0.29) is 0 Å². The van der Waals surface area contributed by atoms with E-state index in [0.717, 1.165) is 21.7 Å². The number of rotatable bonds is 4. The molecule has 0 atom stereocenters. The Labute approximate surface area is 131 Å². The van der Waals surface area contributed by atoms with Gasteiger partial charge in [-0.25, -0.2) is 9.97 Å². The number of ether oxygens (including phenoxy) is 1. The average Bonchev–Trinajstić information content (AvgIpc) is 2.53. The number of nitrogens with zero attached hydrogens (tertiary/aromatic N) is 2. The van der Waals surface area contributed by atoms with Crippen molar-refractivity contribution in [2.24, 2.45) is 0 Å². The summed E-state index contributed by atoms with van der Waals surface area (Å²) < 4.78 is 6.58. The molecule has 21 heavy (non-hydrogen) atoms. The van der Waals surface area contributed by atoms with Crippen LogP contribution in [0.1, 0.15) is 0 Å². The van der Waals surface area contributed by atoms with E-state index < -0.39 is 0 Å². The molecule has 0 radical (unpaired) electrons. The number of para-hydroxylation sites is 1. The van der Waals surface area contributed by atoms with E-state index in [1.807, 2.05) is 54.6 Å². The normalized spacial score (nSPS) is 10.1. The SMILES string of the molecule is Brc1cnc(Nc2ccc(Oc3ccccc3)cc2)nc1. The molecule has 3 rings (SSSR count). The van der Waals surface area contributed by atoms with Gasteiger partial charge in [-0.15, -0.1) is 0 Å². The highest BCUT2D eigenvalue weighted by Crippen LogP contribution is 2.23. The Balaban J connectivity index is 1.68. The number of nitrogens with one attached hydrogen (secondary N) is 1. The Hall–Kier alpha value is -2.40. The third kappa shape index (κ3) is 3.79. The fourth-order valence-corrected chi connectivity index (χ4v) is 1.94. The van der Waals surface area contributed by atoms with Crippen LogP contribution >= 0.6 is 15.9 Å². The van der Waals surface area contributed by atoms with Gasteiger partial charge in [-0.05, 0) is 52.3 Å². The summed E-state index contributed by atoms with van der Waals surface area (Å²) in [4.78, 5) is 8.33. The second kappa shape index (κ2) is 6.37. The number of hydrogen-bond donors (Lipinski definition) is 1. The minimum Gasteiger partial charge on any atom is -0.457 e. The lowest BCUT2D eigenvalue weighted by Crippen LogP contribution is -1.96. The molecule has 4 nitrogen and oxygen atoms in total. The first-order valence-corrected chi connectivity index (χ1v) is 7.16. The third-order valence-corrected chi connectivity index (χ3v) is 3.12. The Kier molecular flexibility index (Phi) is 4.12. The summed E-state index contributed by atoms with van der Waals surface area (Å²) in [6, 6.07) is 17.3. The molecule has 0 aliphatic carbocycles. The average molecular weight is 342 g/mol. The highest BCUT2D eigenvalue weighted by molar-refractivity contribution is 9.10. The summed E-state index contributed by atoms with van der Waals surface area (Å²) >= 11 is 3.30. The molecule has 3 aromatic rings. The quantitative estimate of drug-likeness (QED) is 0.742. The molecular formula is C16H12BrN3O. The minimum absolute atomic E-state index is 0.551. The smallest absolute Gasteiger partial charge is 0.227 e. The van der Waals surface area contributed by atoms with Gasteiger partial charge in [0.1, 0.15) is 11.5 Å². The van der Waals surface area contributed by atoms with Crippen LogP contribution in [0.2, 0.25) is 0 Å². The van der Waals surface area contributed by atoms with E-state index >= 15 is 0 Å². The van der Waals surface area contributed by atoms with Gasteiger partial charge in [0.2, 0.25) is 5.95 Å². The van der Waals surface area contributed by atoms with E-state index in [4.69, 9.17) is 4.74 Å². The second-order valence-corrected chi connectivity index (χ2v) is 5.21. The van der Waals surface area contributed by atoms with Crippen LogP contribution in [-0.2, 0) is 0 Å². The number of aromatic nitrogens is 2. The molecule has 0 saturated heterocycles. The first-order valence-electron chi connectivity index (χ1n) is 6.37. The monoisotopic (exact) mass is 341 g/mol. The highest BCUT2D eigenvalue weighted by Gasteiger charge is 2.00. The van der Waals surface area contributed by atoms with E-state index in [1.165, 1.54) is 0 Å². The maximum absolute atomic E-state index is 5.73. The highest BCUT2D eigenvalue weighted by atomic mass is 79.9. The van der Waals surface area contributed by atoms with Crippen molar-refractivity contribution in [2.75, 3.05) is 5.32 Å². The number of hydrogen-bond acceptors (Lipinski definition) is 4. The maximum Gasteiger partial charge on any atom is 0.227 e. The molecular weight excluding hydrogens is 330 g/mol. The lowest BCUT2D eigenvalue weighted by Gasteiger charge is -2.07. The Morgan fingerprint density at radius 3 is 2.10 bits per heavy atom. The molecule has 0 aliphatic rings. The van der Waals surface area contributed by atoms with Crippen LogP contribution < -0.4 is 10.1 Å². The molecule has 1 N–H and O–H groups in total. The standard InChI is InChI=1S/C16H12BrN3O/c17-12-10-18-16(19-11-12)20-13-6-8-15(9-7-13)21-14-4-2-1-3-5-14/h1-11H,(H,18,19,20). The second-order valence-electron chi connectivity index (χ2n) is 4.29. The van der Waals surface area contributed by atoms with Crippen molar-refractivity contribution in [1.82, 2.24) is 9.97 Å².